The zero-order chi connectivity index (χ0) is 17.2. The highest BCUT2D eigenvalue weighted by atomic mass is 19.1. The lowest BCUT2D eigenvalue weighted by atomic mass is 10.2. The SMILES string of the molecule is O=C(Nc1ccc(-n2cncn2)c(F)c1)C1COc2ccccc2O1. The summed E-state index contributed by atoms with van der Waals surface area (Å²) < 4.78 is 26.6. The Morgan fingerprint density at radius 3 is 2.84 bits per heavy atom. The summed E-state index contributed by atoms with van der Waals surface area (Å²) in [4.78, 5) is 16.1. The second-order valence-corrected chi connectivity index (χ2v) is 5.36. The molecule has 8 heteroatoms. The molecule has 1 amide bonds. The van der Waals surface area contributed by atoms with E-state index in [0.29, 0.717) is 17.2 Å². The predicted octanol–water partition coefficient (Wildman–Crippen LogP) is 2.18. The molecule has 126 valence electrons. The number of aromatic nitrogens is 3. The molecule has 1 atom stereocenters. The van der Waals surface area contributed by atoms with Crippen molar-refractivity contribution in [2.24, 2.45) is 0 Å². The van der Waals surface area contributed by atoms with Crippen LogP contribution in [0.2, 0.25) is 0 Å². The number of hydrogen-bond donors (Lipinski definition) is 1. The third-order valence-electron chi connectivity index (χ3n) is 3.68. The standard InChI is InChI=1S/C17H13FN4O3/c18-12-7-11(5-6-13(12)22-10-19-9-20-22)21-17(23)16-8-24-14-3-1-2-4-15(14)25-16/h1-7,9-10,16H,8H2,(H,21,23). The van der Waals surface area contributed by atoms with Crippen molar-refractivity contribution in [3.8, 4) is 17.2 Å². The number of benzene rings is 2. The minimum absolute atomic E-state index is 0.0857. The zero-order valence-electron chi connectivity index (χ0n) is 12.9. The Balaban J connectivity index is 1.47. The summed E-state index contributed by atoms with van der Waals surface area (Å²) in [7, 11) is 0. The van der Waals surface area contributed by atoms with Gasteiger partial charge in [0.2, 0.25) is 6.10 Å². The molecule has 0 aliphatic carbocycles. The van der Waals surface area contributed by atoms with Crippen LogP contribution >= 0.6 is 0 Å². The molecule has 0 bridgehead atoms. The summed E-state index contributed by atoms with van der Waals surface area (Å²) in [5, 5.41) is 6.50. The smallest absolute Gasteiger partial charge is 0.269 e. The number of hydrogen-bond acceptors (Lipinski definition) is 5. The molecule has 0 saturated carbocycles. The van der Waals surface area contributed by atoms with Crippen molar-refractivity contribution in [3.63, 3.8) is 0 Å². The van der Waals surface area contributed by atoms with Gasteiger partial charge < -0.3 is 14.8 Å². The van der Waals surface area contributed by atoms with Gasteiger partial charge in [-0.05, 0) is 30.3 Å². The van der Waals surface area contributed by atoms with Crippen LogP contribution in [-0.2, 0) is 4.79 Å². The van der Waals surface area contributed by atoms with Crippen molar-refractivity contribution < 1.29 is 18.7 Å². The Kier molecular flexibility index (Phi) is 3.77. The fourth-order valence-electron chi connectivity index (χ4n) is 2.47. The highest BCUT2D eigenvalue weighted by molar-refractivity contribution is 5.94. The largest absolute Gasteiger partial charge is 0.485 e. The summed E-state index contributed by atoms with van der Waals surface area (Å²) in [5.41, 5.74) is 0.551. The number of nitrogens with zero attached hydrogens (tertiary/aromatic N) is 3. The van der Waals surface area contributed by atoms with Crippen LogP contribution in [0.5, 0.6) is 11.5 Å². The third kappa shape index (κ3) is 3.01. The van der Waals surface area contributed by atoms with E-state index in [4.69, 9.17) is 9.47 Å². The van der Waals surface area contributed by atoms with E-state index in [1.54, 1.807) is 24.3 Å². The molecule has 1 aliphatic heterocycles. The van der Waals surface area contributed by atoms with Crippen LogP contribution in [0.15, 0.2) is 55.1 Å². The molecule has 3 aromatic rings. The number of carbonyl (C=O) groups excluding carboxylic acids is 1. The van der Waals surface area contributed by atoms with Gasteiger partial charge in [0, 0.05) is 5.69 Å². The van der Waals surface area contributed by atoms with Gasteiger partial charge >= 0.3 is 0 Å². The van der Waals surface area contributed by atoms with Gasteiger partial charge in [-0.1, -0.05) is 12.1 Å². The van der Waals surface area contributed by atoms with Gasteiger partial charge in [0.25, 0.3) is 5.91 Å². The molecule has 0 radical (unpaired) electrons. The Hall–Kier alpha value is -3.42. The number of fused-ring (bicyclic) bond motifs is 1. The predicted molar refractivity (Wildman–Crippen MR) is 86.3 cm³/mol. The summed E-state index contributed by atoms with van der Waals surface area (Å²) in [6.45, 7) is 0.0857. The van der Waals surface area contributed by atoms with Gasteiger partial charge in [-0.2, -0.15) is 5.10 Å². The molecule has 2 aromatic carbocycles. The van der Waals surface area contributed by atoms with Crippen LogP contribution in [0.1, 0.15) is 0 Å². The second-order valence-electron chi connectivity index (χ2n) is 5.36. The summed E-state index contributed by atoms with van der Waals surface area (Å²) in [6.07, 6.45) is 1.89. The van der Waals surface area contributed by atoms with E-state index < -0.39 is 17.8 Å². The number of rotatable bonds is 3. The molecule has 7 nitrogen and oxygen atoms in total. The fraction of sp³-hybridized carbons (Fsp3) is 0.118. The van der Waals surface area contributed by atoms with E-state index in [1.807, 2.05) is 6.07 Å². The lowest BCUT2D eigenvalue weighted by molar-refractivity contribution is -0.125. The maximum atomic E-state index is 14.2. The molecule has 2 heterocycles. The highest BCUT2D eigenvalue weighted by Crippen LogP contribution is 2.31. The number of para-hydroxylation sites is 2. The van der Waals surface area contributed by atoms with E-state index in [1.165, 1.54) is 29.5 Å². The number of carbonyl (C=O) groups is 1. The lowest BCUT2D eigenvalue weighted by Crippen LogP contribution is -2.40. The molecule has 0 spiro atoms. The third-order valence-corrected chi connectivity index (χ3v) is 3.68. The monoisotopic (exact) mass is 340 g/mol. The van der Waals surface area contributed by atoms with E-state index >= 15 is 0 Å². The van der Waals surface area contributed by atoms with Crippen molar-refractivity contribution in [2.75, 3.05) is 11.9 Å². The number of halogens is 1. The van der Waals surface area contributed by atoms with Crippen LogP contribution in [-0.4, -0.2) is 33.4 Å². The van der Waals surface area contributed by atoms with E-state index in [0.717, 1.165) is 0 Å². The van der Waals surface area contributed by atoms with Crippen molar-refractivity contribution in [1.82, 2.24) is 14.8 Å². The topological polar surface area (TPSA) is 78.3 Å². The summed E-state index contributed by atoms with van der Waals surface area (Å²) in [6, 6.07) is 11.4. The van der Waals surface area contributed by atoms with Crippen molar-refractivity contribution in [3.05, 3.63) is 60.9 Å². The van der Waals surface area contributed by atoms with Gasteiger partial charge in [0.05, 0.1) is 0 Å². The Morgan fingerprint density at radius 2 is 2.08 bits per heavy atom. The van der Waals surface area contributed by atoms with Gasteiger partial charge in [-0.25, -0.2) is 14.1 Å². The molecular formula is C17H13FN4O3. The normalized spacial score (nSPS) is 15.6. The number of amides is 1. The zero-order valence-corrected chi connectivity index (χ0v) is 12.9. The lowest BCUT2D eigenvalue weighted by Gasteiger charge is -2.25. The summed E-state index contributed by atoms with van der Waals surface area (Å²) >= 11 is 0. The van der Waals surface area contributed by atoms with Gasteiger partial charge in [0.1, 0.15) is 24.9 Å². The van der Waals surface area contributed by atoms with Crippen LogP contribution in [0.25, 0.3) is 5.69 Å². The second kappa shape index (κ2) is 6.23. The molecule has 1 N–H and O–H groups in total. The van der Waals surface area contributed by atoms with Gasteiger partial charge in [-0.15, -0.1) is 0 Å². The fourth-order valence-corrected chi connectivity index (χ4v) is 2.47. The maximum absolute atomic E-state index is 14.2. The quantitative estimate of drug-likeness (QED) is 0.791. The van der Waals surface area contributed by atoms with E-state index in [2.05, 4.69) is 15.4 Å². The average Bonchev–Trinajstić information content (AvgIpc) is 3.15. The summed E-state index contributed by atoms with van der Waals surface area (Å²) in [5.74, 6) is 0.147. The molecule has 1 unspecified atom stereocenters. The first-order valence-corrected chi connectivity index (χ1v) is 7.54. The van der Waals surface area contributed by atoms with Crippen molar-refractivity contribution >= 4 is 11.6 Å². The first-order chi connectivity index (χ1) is 12.2. The Labute approximate surface area is 142 Å². The molecule has 0 saturated heterocycles. The van der Waals surface area contributed by atoms with Crippen LogP contribution < -0.4 is 14.8 Å². The van der Waals surface area contributed by atoms with Gasteiger partial charge in [0.15, 0.2) is 17.3 Å². The highest BCUT2D eigenvalue weighted by Gasteiger charge is 2.27. The van der Waals surface area contributed by atoms with Crippen LogP contribution in [0.3, 0.4) is 0 Å². The minimum atomic E-state index is -0.812. The molecule has 4 rings (SSSR count). The number of nitrogens with one attached hydrogen (secondary N) is 1. The first-order valence-electron chi connectivity index (χ1n) is 7.54. The molecule has 0 fully saturated rings. The molecule has 1 aromatic heterocycles. The minimum Gasteiger partial charge on any atom is -0.485 e. The van der Waals surface area contributed by atoms with Crippen molar-refractivity contribution in [1.29, 1.82) is 0 Å². The molecule has 25 heavy (non-hydrogen) atoms. The van der Waals surface area contributed by atoms with Crippen molar-refractivity contribution in [2.45, 2.75) is 6.10 Å². The maximum Gasteiger partial charge on any atom is 0.269 e. The first kappa shape index (κ1) is 15.1. The van der Waals surface area contributed by atoms with Gasteiger partial charge in [-0.3, -0.25) is 4.79 Å². The van der Waals surface area contributed by atoms with Crippen LogP contribution in [0.4, 0.5) is 10.1 Å². The Morgan fingerprint density at radius 1 is 1.24 bits per heavy atom. The molecular weight excluding hydrogens is 327 g/mol. The number of ether oxygens (including phenoxy) is 2. The van der Waals surface area contributed by atoms with E-state index in [-0.39, 0.29) is 12.3 Å². The Bertz CT molecular complexity index is 914. The number of anilines is 1. The molecule has 1 aliphatic rings. The average molecular weight is 340 g/mol. The van der Waals surface area contributed by atoms with E-state index in [9.17, 15) is 9.18 Å². The van der Waals surface area contributed by atoms with Crippen LogP contribution in [0, 0.1) is 5.82 Å².